The Kier molecular flexibility index (Phi) is 3.88. The van der Waals surface area contributed by atoms with Crippen LogP contribution in [0.5, 0.6) is 0 Å². The quantitative estimate of drug-likeness (QED) is 0.865. The first-order chi connectivity index (χ1) is 10.2. The molecule has 2 saturated heterocycles. The largest absolute Gasteiger partial charge is 0.329 e. The molecule has 2 aliphatic rings. The number of hydrogen-bond donors (Lipinski definition) is 1. The molecule has 1 unspecified atom stereocenters. The monoisotopic (exact) mass is 288 g/mol. The number of carbonyl (C=O) groups excluding carboxylic acids is 2. The second-order valence-corrected chi connectivity index (χ2v) is 5.65. The number of aromatic nitrogens is 1. The summed E-state index contributed by atoms with van der Waals surface area (Å²) >= 11 is 0. The molecule has 2 N–H and O–H groups in total. The van der Waals surface area contributed by atoms with Crippen molar-refractivity contribution in [1.29, 1.82) is 0 Å². The van der Waals surface area contributed by atoms with Crippen molar-refractivity contribution in [2.75, 3.05) is 13.1 Å². The molecule has 0 saturated carbocycles. The first kappa shape index (κ1) is 14.0. The first-order valence-electron chi connectivity index (χ1n) is 7.41. The minimum Gasteiger partial charge on any atom is -0.329 e. The van der Waals surface area contributed by atoms with Gasteiger partial charge in [0.25, 0.3) is 0 Å². The van der Waals surface area contributed by atoms with Gasteiger partial charge in [0.1, 0.15) is 12.6 Å². The van der Waals surface area contributed by atoms with Crippen LogP contribution in [-0.2, 0) is 22.7 Å². The maximum Gasteiger partial charge on any atom is 0.246 e. The molecule has 6 heteroatoms. The molecule has 1 aromatic rings. The van der Waals surface area contributed by atoms with Crippen molar-refractivity contribution in [2.24, 2.45) is 5.73 Å². The molecule has 0 radical (unpaired) electrons. The van der Waals surface area contributed by atoms with Gasteiger partial charge in [-0.15, -0.1) is 0 Å². The van der Waals surface area contributed by atoms with E-state index in [2.05, 4.69) is 4.98 Å². The third-order valence-corrected chi connectivity index (χ3v) is 4.21. The molecule has 2 fully saturated rings. The lowest BCUT2D eigenvalue weighted by Crippen LogP contribution is -2.60. The number of rotatable bonds is 3. The number of amides is 2. The van der Waals surface area contributed by atoms with Crippen molar-refractivity contribution in [3.05, 3.63) is 29.6 Å². The summed E-state index contributed by atoms with van der Waals surface area (Å²) in [6.45, 7) is 1.72. The summed E-state index contributed by atoms with van der Waals surface area (Å²) in [5.74, 6) is 0.132. The van der Waals surface area contributed by atoms with E-state index in [4.69, 9.17) is 5.73 Å². The van der Waals surface area contributed by atoms with E-state index in [1.165, 1.54) is 0 Å². The van der Waals surface area contributed by atoms with Crippen molar-refractivity contribution >= 4 is 11.8 Å². The van der Waals surface area contributed by atoms with Crippen LogP contribution < -0.4 is 5.73 Å². The molecule has 112 valence electrons. The number of carbonyl (C=O) groups is 2. The zero-order chi connectivity index (χ0) is 14.8. The van der Waals surface area contributed by atoms with Crippen molar-refractivity contribution in [2.45, 2.75) is 38.4 Å². The predicted molar refractivity (Wildman–Crippen MR) is 76.9 cm³/mol. The van der Waals surface area contributed by atoms with Gasteiger partial charge in [0.2, 0.25) is 11.8 Å². The molecular formula is C15H20N4O2. The molecular weight excluding hydrogens is 268 g/mol. The Morgan fingerprint density at radius 3 is 3.00 bits per heavy atom. The number of nitrogens with two attached hydrogens (primary N) is 1. The topological polar surface area (TPSA) is 79.5 Å². The molecule has 2 aliphatic heterocycles. The highest BCUT2D eigenvalue weighted by molar-refractivity contribution is 5.95. The van der Waals surface area contributed by atoms with Crippen LogP contribution in [0, 0.1) is 0 Å². The Bertz CT molecular complexity index is 560. The van der Waals surface area contributed by atoms with Gasteiger partial charge in [-0.25, -0.2) is 0 Å². The van der Waals surface area contributed by atoms with Crippen LogP contribution in [0.15, 0.2) is 18.3 Å². The van der Waals surface area contributed by atoms with Gasteiger partial charge in [-0.2, -0.15) is 0 Å². The minimum absolute atomic E-state index is 0.0624. The van der Waals surface area contributed by atoms with Gasteiger partial charge in [-0.3, -0.25) is 14.6 Å². The second kappa shape index (κ2) is 5.81. The maximum atomic E-state index is 12.6. The van der Waals surface area contributed by atoms with Crippen LogP contribution in [0.4, 0.5) is 0 Å². The van der Waals surface area contributed by atoms with Crippen LogP contribution in [0.3, 0.4) is 0 Å². The molecule has 1 atom stereocenters. The highest BCUT2D eigenvalue weighted by Gasteiger charge is 2.40. The second-order valence-electron chi connectivity index (χ2n) is 5.65. The Morgan fingerprint density at radius 2 is 2.19 bits per heavy atom. The summed E-state index contributed by atoms with van der Waals surface area (Å²) in [6, 6.07) is 3.51. The predicted octanol–water partition coefficient (Wildman–Crippen LogP) is 0.264. The fourth-order valence-corrected chi connectivity index (χ4v) is 3.12. The normalized spacial score (nSPS) is 22.4. The number of fused-ring (bicyclic) bond motifs is 1. The molecule has 2 amide bonds. The van der Waals surface area contributed by atoms with Crippen LogP contribution in [-0.4, -0.2) is 45.7 Å². The highest BCUT2D eigenvalue weighted by atomic mass is 16.2. The van der Waals surface area contributed by atoms with E-state index in [9.17, 15) is 9.59 Å². The molecule has 3 rings (SSSR count). The zero-order valence-electron chi connectivity index (χ0n) is 12.0. The van der Waals surface area contributed by atoms with E-state index >= 15 is 0 Å². The summed E-state index contributed by atoms with van der Waals surface area (Å²) in [5.41, 5.74) is 7.35. The molecule has 0 bridgehead atoms. The number of hydrogen-bond acceptors (Lipinski definition) is 4. The van der Waals surface area contributed by atoms with Gasteiger partial charge in [0, 0.05) is 25.8 Å². The molecule has 3 heterocycles. The summed E-state index contributed by atoms with van der Waals surface area (Å²) in [6.07, 6.45) is 4.49. The number of pyridine rings is 1. The van der Waals surface area contributed by atoms with E-state index in [1.54, 1.807) is 16.0 Å². The number of nitrogens with zero attached hydrogens (tertiary/aromatic N) is 3. The van der Waals surface area contributed by atoms with Crippen LogP contribution in [0.25, 0.3) is 0 Å². The lowest BCUT2D eigenvalue weighted by atomic mass is 9.98. The fraction of sp³-hybridized carbons (Fsp3) is 0.533. The molecule has 6 nitrogen and oxygen atoms in total. The Balaban J connectivity index is 1.76. The summed E-state index contributed by atoms with van der Waals surface area (Å²) in [4.78, 5) is 32.3. The van der Waals surface area contributed by atoms with Gasteiger partial charge < -0.3 is 15.5 Å². The Hall–Kier alpha value is -1.95. The third kappa shape index (κ3) is 2.76. The molecule has 0 spiro atoms. The van der Waals surface area contributed by atoms with Crippen molar-refractivity contribution < 1.29 is 9.59 Å². The zero-order valence-corrected chi connectivity index (χ0v) is 12.0. The van der Waals surface area contributed by atoms with Gasteiger partial charge >= 0.3 is 0 Å². The number of piperazine rings is 1. The molecule has 1 aromatic heterocycles. The first-order valence-corrected chi connectivity index (χ1v) is 7.41. The van der Waals surface area contributed by atoms with Gasteiger partial charge in [0.05, 0.1) is 5.69 Å². The summed E-state index contributed by atoms with van der Waals surface area (Å²) in [7, 11) is 0. The van der Waals surface area contributed by atoms with E-state index in [0.29, 0.717) is 13.1 Å². The van der Waals surface area contributed by atoms with Crippen LogP contribution in [0.2, 0.25) is 0 Å². The SMILES string of the molecule is NCc1cc(CN2CC(=O)N3CCCCC3C2=O)ccn1. The average Bonchev–Trinajstić information content (AvgIpc) is 2.52. The Morgan fingerprint density at radius 1 is 1.33 bits per heavy atom. The standard InChI is InChI=1S/C15H20N4O2/c16-8-12-7-11(4-5-17-12)9-18-10-14(20)19-6-2-1-3-13(19)15(18)21/h4-5,7,13H,1-3,6,8-10,16H2. The van der Waals surface area contributed by atoms with Crippen molar-refractivity contribution in [3.8, 4) is 0 Å². The molecule has 21 heavy (non-hydrogen) atoms. The third-order valence-electron chi connectivity index (χ3n) is 4.21. The van der Waals surface area contributed by atoms with Gasteiger partial charge in [-0.1, -0.05) is 0 Å². The van der Waals surface area contributed by atoms with E-state index < -0.39 is 0 Å². The van der Waals surface area contributed by atoms with Crippen LogP contribution >= 0.6 is 0 Å². The highest BCUT2D eigenvalue weighted by Crippen LogP contribution is 2.24. The van der Waals surface area contributed by atoms with Crippen molar-refractivity contribution in [3.63, 3.8) is 0 Å². The fourth-order valence-electron chi connectivity index (χ4n) is 3.12. The van der Waals surface area contributed by atoms with Gasteiger partial charge in [0.15, 0.2) is 0 Å². The van der Waals surface area contributed by atoms with Crippen LogP contribution in [0.1, 0.15) is 30.5 Å². The van der Waals surface area contributed by atoms with Crippen molar-refractivity contribution in [1.82, 2.24) is 14.8 Å². The van der Waals surface area contributed by atoms with Gasteiger partial charge in [-0.05, 0) is 37.0 Å². The number of piperidine rings is 1. The average molecular weight is 288 g/mol. The Labute approximate surface area is 123 Å². The smallest absolute Gasteiger partial charge is 0.246 e. The molecule has 0 aliphatic carbocycles. The maximum absolute atomic E-state index is 12.6. The van der Waals surface area contributed by atoms with E-state index in [0.717, 1.165) is 37.1 Å². The summed E-state index contributed by atoms with van der Waals surface area (Å²) in [5, 5.41) is 0. The lowest BCUT2D eigenvalue weighted by molar-refractivity contribution is -0.158. The molecule has 0 aromatic carbocycles. The van der Waals surface area contributed by atoms with E-state index in [1.807, 2.05) is 12.1 Å². The summed E-state index contributed by atoms with van der Waals surface area (Å²) < 4.78 is 0. The van der Waals surface area contributed by atoms with E-state index in [-0.39, 0.29) is 24.4 Å². The minimum atomic E-state index is -0.254. The lowest BCUT2D eigenvalue weighted by Gasteiger charge is -2.42.